The molecular formula is C20H27F3N4O2. The number of rotatable bonds is 9. The van der Waals surface area contributed by atoms with E-state index in [0.717, 1.165) is 12.8 Å². The van der Waals surface area contributed by atoms with Crippen molar-refractivity contribution in [2.45, 2.75) is 52.4 Å². The molecule has 0 unspecified atom stereocenters. The van der Waals surface area contributed by atoms with Crippen molar-refractivity contribution in [3.8, 4) is 22.8 Å². The molecular weight excluding hydrogens is 385 g/mol. The molecule has 1 aromatic heterocycles. The molecule has 2 N–H and O–H groups in total. The van der Waals surface area contributed by atoms with Gasteiger partial charge in [0, 0.05) is 24.7 Å². The van der Waals surface area contributed by atoms with Crippen LogP contribution in [0.1, 0.15) is 39.3 Å². The van der Waals surface area contributed by atoms with Gasteiger partial charge in [0.15, 0.2) is 11.6 Å². The largest absolute Gasteiger partial charge is 0.573 e. The zero-order valence-electron chi connectivity index (χ0n) is 17.3. The molecule has 0 saturated carbocycles. The molecule has 0 bridgehead atoms. The number of nitrogens with one attached hydrogen (secondary N) is 2. The highest BCUT2D eigenvalue weighted by atomic mass is 19.4. The predicted octanol–water partition coefficient (Wildman–Crippen LogP) is 5.26. The van der Waals surface area contributed by atoms with Gasteiger partial charge in [0.1, 0.15) is 11.5 Å². The van der Waals surface area contributed by atoms with E-state index in [0.29, 0.717) is 35.0 Å². The Morgan fingerprint density at radius 3 is 2.28 bits per heavy atom. The SMILES string of the molecule is CCc1nc(NC(CC)CC)c(NC)nc1-c1ccc(OC(F)(F)F)cc1OC. The molecule has 1 heterocycles. The van der Waals surface area contributed by atoms with Gasteiger partial charge in [0.25, 0.3) is 0 Å². The Kier molecular flexibility index (Phi) is 7.53. The Morgan fingerprint density at radius 1 is 1.07 bits per heavy atom. The molecule has 0 saturated heterocycles. The van der Waals surface area contributed by atoms with Gasteiger partial charge in [-0.15, -0.1) is 13.2 Å². The normalized spacial score (nSPS) is 11.5. The second kappa shape index (κ2) is 9.67. The van der Waals surface area contributed by atoms with E-state index >= 15 is 0 Å². The summed E-state index contributed by atoms with van der Waals surface area (Å²) < 4.78 is 46.9. The van der Waals surface area contributed by atoms with Crippen LogP contribution in [0.5, 0.6) is 11.5 Å². The molecule has 0 atom stereocenters. The van der Waals surface area contributed by atoms with E-state index in [4.69, 9.17) is 9.72 Å². The monoisotopic (exact) mass is 412 g/mol. The number of benzene rings is 1. The van der Waals surface area contributed by atoms with Crippen molar-refractivity contribution in [2.24, 2.45) is 0 Å². The lowest BCUT2D eigenvalue weighted by molar-refractivity contribution is -0.274. The van der Waals surface area contributed by atoms with Gasteiger partial charge < -0.3 is 20.1 Å². The zero-order chi connectivity index (χ0) is 21.6. The van der Waals surface area contributed by atoms with Crippen molar-refractivity contribution < 1.29 is 22.6 Å². The molecule has 160 valence electrons. The maximum Gasteiger partial charge on any atom is 0.573 e. The van der Waals surface area contributed by atoms with Crippen LogP contribution in [-0.2, 0) is 6.42 Å². The van der Waals surface area contributed by atoms with Gasteiger partial charge in [-0.25, -0.2) is 9.97 Å². The van der Waals surface area contributed by atoms with Crippen molar-refractivity contribution in [1.29, 1.82) is 0 Å². The van der Waals surface area contributed by atoms with Crippen LogP contribution in [0.15, 0.2) is 18.2 Å². The van der Waals surface area contributed by atoms with Crippen LogP contribution in [0.3, 0.4) is 0 Å². The summed E-state index contributed by atoms with van der Waals surface area (Å²) in [6.07, 6.45) is -2.30. The summed E-state index contributed by atoms with van der Waals surface area (Å²) in [4.78, 5) is 9.42. The Balaban J connectivity index is 2.53. The minimum Gasteiger partial charge on any atom is -0.496 e. The fourth-order valence-corrected chi connectivity index (χ4v) is 2.96. The molecule has 0 aliphatic heterocycles. The molecule has 0 aliphatic rings. The van der Waals surface area contributed by atoms with Gasteiger partial charge in [0.2, 0.25) is 0 Å². The number of methoxy groups -OCH3 is 1. The van der Waals surface area contributed by atoms with Crippen LogP contribution < -0.4 is 20.1 Å². The number of nitrogens with zero attached hydrogens (tertiary/aromatic N) is 2. The summed E-state index contributed by atoms with van der Waals surface area (Å²) in [6, 6.07) is 4.19. The van der Waals surface area contributed by atoms with Crippen LogP contribution in [-0.4, -0.2) is 36.5 Å². The minimum absolute atomic E-state index is 0.221. The third kappa shape index (κ3) is 5.65. The third-order valence-corrected chi connectivity index (χ3v) is 4.53. The summed E-state index contributed by atoms with van der Waals surface area (Å²) in [6.45, 7) is 6.14. The summed E-state index contributed by atoms with van der Waals surface area (Å²) in [7, 11) is 3.13. The lowest BCUT2D eigenvalue weighted by Gasteiger charge is -2.20. The molecule has 0 radical (unpaired) electrons. The standard InChI is InChI=1S/C20H27F3N4O2/c1-6-12(7-2)25-19-18(24-4)27-17(15(8-3)26-19)14-10-9-13(11-16(14)28-5)29-20(21,22)23/h9-12H,6-8H2,1-5H3,(H,24,27)(H,25,26). The summed E-state index contributed by atoms with van der Waals surface area (Å²) in [5, 5.41) is 6.44. The molecule has 2 aromatic rings. The molecule has 0 amide bonds. The Labute approximate surface area is 168 Å². The maximum absolute atomic E-state index is 12.5. The second-order valence-electron chi connectivity index (χ2n) is 6.39. The van der Waals surface area contributed by atoms with Gasteiger partial charge in [-0.05, 0) is 31.4 Å². The van der Waals surface area contributed by atoms with Gasteiger partial charge in [-0.2, -0.15) is 0 Å². The average molecular weight is 412 g/mol. The first-order chi connectivity index (χ1) is 13.8. The number of alkyl halides is 3. The van der Waals surface area contributed by atoms with Crippen molar-refractivity contribution in [3.63, 3.8) is 0 Å². The zero-order valence-corrected chi connectivity index (χ0v) is 17.3. The van der Waals surface area contributed by atoms with Crippen molar-refractivity contribution in [2.75, 3.05) is 24.8 Å². The fraction of sp³-hybridized carbons (Fsp3) is 0.500. The van der Waals surface area contributed by atoms with Crippen LogP contribution in [0.4, 0.5) is 24.8 Å². The average Bonchev–Trinajstić information content (AvgIpc) is 2.70. The number of aryl methyl sites for hydroxylation is 1. The highest BCUT2D eigenvalue weighted by molar-refractivity contribution is 5.74. The molecule has 0 aliphatic carbocycles. The van der Waals surface area contributed by atoms with Crippen LogP contribution in [0, 0.1) is 0 Å². The molecule has 2 rings (SSSR count). The number of anilines is 2. The Hall–Kier alpha value is -2.71. The number of hydrogen-bond acceptors (Lipinski definition) is 6. The lowest BCUT2D eigenvalue weighted by atomic mass is 10.1. The minimum atomic E-state index is -4.78. The highest BCUT2D eigenvalue weighted by Crippen LogP contribution is 2.37. The highest BCUT2D eigenvalue weighted by Gasteiger charge is 2.31. The number of ether oxygens (including phenoxy) is 2. The first kappa shape index (κ1) is 22.6. The van der Waals surface area contributed by atoms with E-state index in [1.165, 1.54) is 25.3 Å². The van der Waals surface area contributed by atoms with E-state index in [9.17, 15) is 13.2 Å². The maximum atomic E-state index is 12.5. The Morgan fingerprint density at radius 2 is 1.76 bits per heavy atom. The summed E-state index contributed by atoms with van der Waals surface area (Å²) >= 11 is 0. The van der Waals surface area contributed by atoms with Crippen molar-refractivity contribution >= 4 is 11.6 Å². The van der Waals surface area contributed by atoms with Crippen molar-refractivity contribution in [1.82, 2.24) is 9.97 Å². The van der Waals surface area contributed by atoms with E-state index < -0.39 is 6.36 Å². The molecule has 0 fully saturated rings. The molecule has 6 nitrogen and oxygen atoms in total. The summed E-state index contributed by atoms with van der Waals surface area (Å²) in [5.74, 6) is 1.07. The van der Waals surface area contributed by atoms with E-state index in [1.807, 2.05) is 6.92 Å². The van der Waals surface area contributed by atoms with Gasteiger partial charge in [0.05, 0.1) is 18.5 Å². The summed E-state index contributed by atoms with van der Waals surface area (Å²) in [5.41, 5.74) is 1.79. The Bertz CT molecular complexity index is 824. The first-order valence-corrected chi connectivity index (χ1v) is 9.55. The molecule has 1 aromatic carbocycles. The lowest BCUT2D eigenvalue weighted by Crippen LogP contribution is -2.20. The van der Waals surface area contributed by atoms with Gasteiger partial charge in [-0.3, -0.25) is 0 Å². The fourth-order valence-electron chi connectivity index (χ4n) is 2.96. The topological polar surface area (TPSA) is 68.3 Å². The van der Waals surface area contributed by atoms with Crippen LogP contribution >= 0.6 is 0 Å². The van der Waals surface area contributed by atoms with Crippen molar-refractivity contribution in [3.05, 3.63) is 23.9 Å². The van der Waals surface area contributed by atoms with E-state index in [1.54, 1.807) is 7.05 Å². The molecule has 29 heavy (non-hydrogen) atoms. The number of aromatic nitrogens is 2. The molecule has 9 heteroatoms. The number of hydrogen-bond donors (Lipinski definition) is 2. The number of halogens is 3. The van der Waals surface area contributed by atoms with E-state index in [2.05, 4.69) is 34.2 Å². The van der Waals surface area contributed by atoms with Crippen LogP contribution in [0.25, 0.3) is 11.3 Å². The third-order valence-electron chi connectivity index (χ3n) is 4.53. The van der Waals surface area contributed by atoms with Crippen LogP contribution in [0.2, 0.25) is 0 Å². The van der Waals surface area contributed by atoms with Gasteiger partial charge >= 0.3 is 6.36 Å². The quantitative estimate of drug-likeness (QED) is 0.586. The predicted molar refractivity (Wildman–Crippen MR) is 108 cm³/mol. The van der Waals surface area contributed by atoms with Gasteiger partial charge in [-0.1, -0.05) is 20.8 Å². The smallest absolute Gasteiger partial charge is 0.496 e. The first-order valence-electron chi connectivity index (χ1n) is 9.55. The molecule has 0 spiro atoms. The second-order valence-corrected chi connectivity index (χ2v) is 6.39. The van der Waals surface area contributed by atoms with E-state index in [-0.39, 0.29) is 17.5 Å².